The first-order valence-corrected chi connectivity index (χ1v) is 9.60. The second kappa shape index (κ2) is 8.41. The average molecular weight is 380 g/mol. The Morgan fingerprint density at radius 3 is 2.71 bits per heavy atom. The SMILES string of the molecule is O=C(NCCCN1CCOCC1)c1ccc2c(c1)NC(=O)c1ccccc1N2. The number of carbonyl (C=O) groups is 2. The monoisotopic (exact) mass is 380 g/mol. The van der Waals surface area contributed by atoms with Crippen molar-refractivity contribution in [3.8, 4) is 0 Å². The molecular formula is C21H24N4O3. The lowest BCUT2D eigenvalue weighted by Gasteiger charge is -2.26. The Balaban J connectivity index is 1.36. The van der Waals surface area contributed by atoms with Gasteiger partial charge in [0.15, 0.2) is 0 Å². The number of benzene rings is 2. The number of amides is 2. The van der Waals surface area contributed by atoms with Gasteiger partial charge in [0.25, 0.3) is 11.8 Å². The zero-order valence-electron chi connectivity index (χ0n) is 15.7. The van der Waals surface area contributed by atoms with Crippen molar-refractivity contribution in [3.63, 3.8) is 0 Å². The van der Waals surface area contributed by atoms with Gasteiger partial charge >= 0.3 is 0 Å². The lowest BCUT2D eigenvalue weighted by molar-refractivity contribution is 0.0374. The fourth-order valence-electron chi connectivity index (χ4n) is 3.45. The average Bonchev–Trinajstić information content (AvgIpc) is 2.87. The van der Waals surface area contributed by atoms with Crippen LogP contribution in [0.1, 0.15) is 27.1 Å². The van der Waals surface area contributed by atoms with E-state index >= 15 is 0 Å². The van der Waals surface area contributed by atoms with Gasteiger partial charge in [0.05, 0.1) is 35.8 Å². The van der Waals surface area contributed by atoms with Crippen LogP contribution in [0, 0.1) is 0 Å². The number of anilines is 3. The molecule has 4 rings (SSSR count). The molecule has 0 aromatic heterocycles. The van der Waals surface area contributed by atoms with Crippen LogP contribution in [-0.4, -0.2) is 56.1 Å². The number of para-hydroxylation sites is 1. The van der Waals surface area contributed by atoms with Gasteiger partial charge in [0.1, 0.15) is 0 Å². The molecule has 1 saturated heterocycles. The summed E-state index contributed by atoms with van der Waals surface area (Å²) in [6, 6.07) is 12.6. The van der Waals surface area contributed by atoms with Gasteiger partial charge in [-0.1, -0.05) is 12.1 Å². The number of rotatable bonds is 5. The summed E-state index contributed by atoms with van der Waals surface area (Å²) in [5.74, 6) is -0.328. The van der Waals surface area contributed by atoms with E-state index in [2.05, 4.69) is 20.9 Å². The number of morpholine rings is 1. The van der Waals surface area contributed by atoms with E-state index in [0.717, 1.165) is 50.6 Å². The third-order valence-electron chi connectivity index (χ3n) is 5.01. The molecule has 0 bridgehead atoms. The summed E-state index contributed by atoms with van der Waals surface area (Å²) < 4.78 is 5.34. The van der Waals surface area contributed by atoms with E-state index in [1.807, 2.05) is 24.3 Å². The molecule has 2 aliphatic heterocycles. The summed E-state index contributed by atoms with van der Waals surface area (Å²) >= 11 is 0. The maximum Gasteiger partial charge on any atom is 0.257 e. The topological polar surface area (TPSA) is 82.7 Å². The second-order valence-corrected chi connectivity index (χ2v) is 6.95. The summed E-state index contributed by atoms with van der Waals surface area (Å²) in [6.07, 6.45) is 0.893. The number of carbonyl (C=O) groups excluding carboxylic acids is 2. The van der Waals surface area contributed by atoms with Crippen molar-refractivity contribution in [2.75, 3.05) is 50.0 Å². The van der Waals surface area contributed by atoms with Crippen molar-refractivity contribution in [2.24, 2.45) is 0 Å². The van der Waals surface area contributed by atoms with Crippen LogP contribution in [0.4, 0.5) is 17.1 Å². The summed E-state index contributed by atoms with van der Waals surface area (Å²) in [6.45, 7) is 5.04. The number of fused-ring (bicyclic) bond motifs is 2. The second-order valence-electron chi connectivity index (χ2n) is 6.95. The molecule has 2 heterocycles. The Morgan fingerprint density at radius 2 is 1.86 bits per heavy atom. The number of nitrogens with zero attached hydrogens (tertiary/aromatic N) is 1. The third-order valence-corrected chi connectivity index (χ3v) is 5.01. The summed E-state index contributed by atoms with van der Waals surface area (Å²) in [7, 11) is 0. The molecule has 7 heteroatoms. The normalized spacial score (nSPS) is 16.2. The highest BCUT2D eigenvalue weighted by Crippen LogP contribution is 2.32. The van der Waals surface area contributed by atoms with Gasteiger partial charge in [-0.15, -0.1) is 0 Å². The molecule has 0 radical (unpaired) electrons. The molecule has 0 unspecified atom stereocenters. The van der Waals surface area contributed by atoms with Gasteiger partial charge in [0, 0.05) is 25.2 Å². The first-order chi connectivity index (χ1) is 13.7. The standard InChI is InChI=1S/C21H24N4O3/c26-20(22-8-3-9-25-10-12-28-13-11-25)15-6-7-18-19(14-15)24-21(27)16-4-1-2-5-17(16)23-18/h1-2,4-7,14,23H,3,8-13H2,(H,22,26)(H,24,27). The van der Waals surface area contributed by atoms with Gasteiger partial charge in [-0.3, -0.25) is 14.5 Å². The number of hydrogen-bond acceptors (Lipinski definition) is 5. The quantitative estimate of drug-likeness (QED) is 0.694. The van der Waals surface area contributed by atoms with Crippen molar-refractivity contribution >= 4 is 28.9 Å². The van der Waals surface area contributed by atoms with E-state index in [0.29, 0.717) is 23.4 Å². The summed E-state index contributed by atoms with van der Waals surface area (Å²) in [5.41, 5.74) is 3.22. The lowest BCUT2D eigenvalue weighted by Crippen LogP contribution is -2.38. The summed E-state index contributed by atoms with van der Waals surface area (Å²) in [4.78, 5) is 27.3. The Hall–Kier alpha value is -2.90. The van der Waals surface area contributed by atoms with Crippen LogP contribution in [0.15, 0.2) is 42.5 Å². The van der Waals surface area contributed by atoms with Gasteiger partial charge in [-0.2, -0.15) is 0 Å². The number of nitrogens with one attached hydrogen (secondary N) is 3. The number of hydrogen-bond donors (Lipinski definition) is 3. The highest BCUT2D eigenvalue weighted by molar-refractivity contribution is 6.12. The van der Waals surface area contributed by atoms with Gasteiger partial charge in [-0.25, -0.2) is 0 Å². The van der Waals surface area contributed by atoms with E-state index in [9.17, 15) is 9.59 Å². The minimum Gasteiger partial charge on any atom is -0.379 e. The maximum absolute atomic E-state index is 12.5. The van der Waals surface area contributed by atoms with Crippen LogP contribution >= 0.6 is 0 Å². The fourth-order valence-corrected chi connectivity index (χ4v) is 3.45. The first kappa shape index (κ1) is 18.5. The van der Waals surface area contributed by atoms with E-state index in [4.69, 9.17) is 4.74 Å². The van der Waals surface area contributed by atoms with Gasteiger partial charge < -0.3 is 20.7 Å². The predicted octanol–water partition coefficient (Wildman–Crippen LogP) is 2.45. The molecule has 1 fully saturated rings. The minimum atomic E-state index is -0.190. The predicted molar refractivity (Wildman–Crippen MR) is 108 cm³/mol. The highest BCUT2D eigenvalue weighted by Gasteiger charge is 2.19. The Kier molecular flexibility index (Phi) is 5.55. The lowest BCUT2D eigenvalue weighted by atomic mass is 10.1. The first-order valence-electron chi connectivity index (χ1n) is 9.60. The molecule has 146 valence electrons. The van der Waals surface area contributed by atoms with Crippen LogP contribution in [0.2, 0.25) is 0 Å². The largest absolute Gasteiger partial charge is 0.379 e. The van der Waals surface area contributed by atoms with Crippen LogP contribution in [0.25, 0.3) is 0 Å². The van der Waals surface area contributed by atoms with Crippen molar-refractivity contribution < 1.29 is 14.3 Å². The van der Waals surface area contributed by atoms with Crippen molar-refractivity contribution in [2.45, 2.75) is 6.42 Å². The number of ether oxygens (including phenoxy) is 1. The van der Waals surface area contributed by atoms with E-state index < -0.39 is 0 Å². The molecule has 2 amide bonds. The molecule has 0 aliphatic carbocycles. The van der Waals surface area contributed by atoms with Crippen molar-refractivity contribution in [1.82, 2.24) is 10.2 Å². The molecule has 28 heavy (non-hydrogen) atoms. The van der Waals surface area contributed by atoms with E-state index in [-0.39, 0.29) is 11.8 Å². The van der Waals surface area contributed by atoms with Crippen LogP contribution < -0.4 is 16.0 Å². The maximum atomic E-state index is 12.5. The molecule has 2 aliphatic rings. The van der Waals surface area contributed by atoms with E-state index in [1.165, 1.54) is 0 Å². The van der Waals surface area contributed by atoms with Crippen LogP contribution in [0.3, 0.4) is 0 Å². The molecule has 0 atom stereocenters. The Labute approximate surface area is 164 Å². The van der Waals surface area contributed by atoms with Gasteiger partial charge in [-0.05, 0) is 43.3 Å². The smallest absolute Gasteiger partial charge is 0.257 e. The van der Waals surface area contributed by atoms with Crippen molar-refractivity contribution in [1.29, 1.82) is 0 Å². The molecule has 0 spiro atoms. The van der Waals surface area contributed by atoms with E-state index in [1.54, 1.807) is 18.2 Å². The molecule has 2 aromatic carbocycles. The molecule has 0 saturated carbocycles. The van der Waals surface area contributed by atoms with Gasteiger partial charge in [0.2, 0.25) is 0 Å². The van der Waals surface area contributed by atoms with Crippen LogP contribution in [-0.2, 0) is 4.74 Å². The van der Waals surface area contributed by atoms with Crippen molar-refractivity contribution in [3.05, 3.63) is 53.6 Å². The third kappa shape index (κ3) is 4.16. The molecular weight excluding hydrogens is 356 g/mol. The zero-order valence-corrected chi connectivity index (χ0v) is 15.7. The Bertz CT molecular complexity index is 878. The fraction of sp³-hybridized carbons (Fsp3) is 0.333. The molecule has 2 aromatic rings. The zero-order chi connectivity index (χ0) is 19.3. The Morgan fingerprint density at radius 1 is 1.04 bits per heavy atom. The summed E-state index contributed by atoms with van der Waals surface area (Å²) in [5, 5.41) is 9.10. The molecule has 3 N–H and O–H groups in total. The highest BCUT2D eigenvalue weighted by atomic mass is 16.5. The van der Waals surface area contributed by atoms with Crippen LogP contribution in [0.5, 0.6) is 0 Å². The molecule has 7 nitrogen and oxygen atoms in total. The minimum absolute atomic E-state index is 0.138.